The summed E-state index contributed by atoms with van der Waals surface area (Å²) < 4.78 is 5.58. The second-order valence-corrected chi connectivity index (χ2v) is 5.97. The summed E-state index contributed by atoms with van der Waals surface area (Å²) >= 11 is 0. The van der Waals surface area contributed by atoms with Gasteiger partial charge >= 0.3 is 0 Å². The smallest absolute Gasteiger partial charge is 0.0897 e. The van der Waals surface area contributed by atoms with Gasteiger partial charge in [-0.25, -0.2) is 0 Å². The number of aliphatic hydroxyl groups is 1. The summed E-state index contributed by atoms with van der Waals surface area (Å²) in [6.07, 6.45) is 7.56. The van der Waals surface area contributed by atoms with Crippen LogP contribution in [-0.2, 0) is 4.74 Å². The van der Waals surface area contributed by atoms with Crippen LogP contribution in [0.25, 0.3) is 0 Å². The Kier molecular flexibility index (Phi) is 6.17. The molecule has 0 aromatic heterocycles. The molecule has 3 heteroatoms. The number of hydrogen-bond acceptors (Lipinski definition) is 3. The topological polar surface area (TPSA) is 41.5 Å². The standard InChI is InChI=1S/C14H27NO2/c1-14(2,3)15-9-13(16)11-17-10-12-7-5-4-6-8-12/h4-5,12-13,15-16H,6-11H2,1-3H3. The molecule has 0 aromatic carbocycles. The third kappa shape index (κ3) is 7.53. The summed E-state index contributed by atoms with van der Waals surface area (Å²) in [4.78, 5) is 0. The molecule has 1 aliphatic rings. The van der Waals surface area contributed by atoms with E-state index in [0.29, 0.717) is 19.1 Å². The van der Waals surface area contributed by atoms with E-state index in [9.17, 15) is 5.11 Å². The summed E-state index contributed by atoms with van der Waals surface area (Å²) in [5.74, 6) is 0.641. The van der Waals surface area contributed by atoms with Crippen molar-refractivity contribution in [2.75, 3.05) is 19.8 Å². The first kappa shape index (κ1) is 14.7. The van der Waals surface area contributed by atoms with Crippen molar-refractivity contribution in [3.05, 3.63) is 12.2 Å². The first-order valence-electron chi connectivity index (χ1n) is 6.63. The Hall–Kier alpha value is -0.380. The van der Waals surface area contributed by atoms with E-state index < -0.39 is 6.10 Å². The predicted molar refractivity (Wildman–Crippen MR) is 71.1 cm³/mol. The Labute approximate surface area is 105 Å². The molecule has 0 bridgehead atoms. The van der Waals surface area contributed by atoms with Gasteiger partial charge in [0, 0.05) is 18.7 Å². The second-order valence-electron chi connectivity index (χ2n) is 5.97. The van der Waals surface area contributed by atoms with Gasteiger partial charge in [-0.2, -0.15) is 0 Å². The first-order chi connectivity index (χ1) is 7.97. The summed E-state index contributed by atoms with van der Waals surface area (Å²) in [5, 5.41) is 13.0. The van der Waals surface area contributed by atoms with Crippen molar-refractivity contribution in [2.24, 2.45) is 5.92 Å². The number of hydrogen-bond donors (Lipinski definition) is 2. The van der Waals surface area contributed by atoms with Gasteiger partial charge in [0.2, 0.25) is 0 Å². The average molecular weight is 241 g/mol. The van der Waals surface area contributed by atoms with Crippen LogP contribution in [0.15, 0.2) is 12.2 Å². The number of rotatable bonds is 6. The van der Waals surface area contributed by atoms with Crippen LogP contribution in [0.3, 0.4) is 0 Å². The summed E-state index contributed by atoms with van der Waals surface area (Å²) in [5.41, 5.74) is 0.0507. The predicted octanol–water partition coefficient (Wildman–Crippen LogP) is 2.11. The van der Waals surface area contributed by atoms with Gasteiger partial charge < -0.3 is 15.2 Å². The zero-order valence-electron chi connectivity index (χ0n) is 11.4. The van der Waals surface area contributed by atoms with E-state index in [1.165, 1.54) is 12.8 Å². The van der Waals surface area contributed by atoms with Gasteiger partial charge in [0.1, 0.15) is 0 Å². The lowest BCUT2D eigenvalue weighted by molar-refractivity contribution is 0.0179. The second kappa shape index (κ2) is 7.14. The van der Waals surface area contributed by atoms with Crippen molar-refractivity contribution >= 4 is 0 Å². The Bertz CT molecular complexity index is 233. The first-order valence-corrected chi connectivity index (χ1v) is 6.63. The third-order valence-corrected chi connectivity index (χ3v) is 2.91. The van der Waals surface area contributed by atoms with Crippen molar-refractivity contribution in [1.29, 1.82) is 0 Å². The van der Waals surface area contributed by atoms with Gasteiger partial charge in [-0.05, 0) is 46.0 Å². The summed E-state index contributed by atoms with van der Waals surface area (Å²) in [6, 6.07) is 0. The van der Waals surface area contributed by atoms with Crippen molar-refractivity contribution in [3.8, 4) is 0 Å². The van der Waals surface area contributed by atoms with Gasteiger partial charge in [0.05, 0.1) is 12.7 Å². The lowest BCUT2D eigenvalue weighted by atomic mass is 9.95. The minimum absolute atomic E-state index is 0.0507. The Morgan fingerprint density at radius 1 is 1.41 bits per heavy atom. The van der Waals surface area contributed by atoms with Crippen LogP contribution in [0.5, 0.6) is 0 Å². The fourth-order valence-electron chi connectivity index (χ4n) is 1.86. The van der Waals surface area contributed by atoms with E-state index in [-0.39, 0.29) is 5.54 Å². The van der Waals surface area contributed by atoms with Crippen molar-refractivity contribution in [2.45, 2.75) is 51.7 Å². The quantitative estimate of drug-likeness (QED) is 0.700. The SMILES string of the molecule is CC(C)(C)NCC(O)COCC1CC=CCC1. The minimum atomic E-state index is -0.409. The molecule has 2 unspecified atom stereocenters. The van der Waals surface area contributed by atoms with E-state index in [2.05, 4.69) is 38.2 Å². The molecule has 2 N–H and O–H groups in total. The molecule has 0 radical (unpaired) electrons. The molecule has 2 atom stereocenters. The Balaban J connectivity index is 2.03. The number of aliphatic hydroxyl groups excluding tert-OH is 1. The number of allylic oxidation sites excluding steroid dienone is 2. The zero-order chi connectivity index (χ0) is 12.7. The zero-order valence-corrected chi connectivity index (χ0v) is 11.4. The van der Waals surface area contributed by atoms with Crippen LogP contribution in [0.4, 0.5) is 0 Å². The van der Waals surface area contributed by atoms with Crippen molar-refractivity contribution in [3.63, 3.8) is 0 Å². The maximum absolute atomic E-state index is 9.74. The van der Waals surface area contributed by atoms with E-state index in [0.717, 1.165) is 13.0 Å². The molecular weight excluding hydrogens is 214 g/mol. The molecule has 0 spiro atoms. The maximum atomic E-state index is 9.74. The monoisotopic (exact) mass is 241 g/mol. The van der Waals surface area contributed by atoms with Crippen LogP contribution in [0, 0.1) is 5.92 Å². The molecule has 0 saturated carbocycles. The number of nitrogens with one attached hydrogen (secondary N) is 1. The van der Waals surface area contributed by atoms with Crippen LogP contribution in [0.1, 0.15) is 40.0 Å². The fourth-order valence-corrected chi connectivity index (χ4v) is 1.86. The third-order valence-electron chi connectivity index (χ3n) is 2.91. The highest BCUT2D eigenvalue weighted by atomic mass is 16.5. The molecule has 100 valence electrons. The molecule has 0 saturated heterocycles. The summed E-state index contributed by atoms with van der Waals surface area (Å²) in [6.45, 7) is 8.08. The molecule has 0 heterocycles. The van der Waals surface area contributed by atoms with E-state index in [1.54, 1.807) is 0 Å². The van der Waals surface area contributed by atoms with Gasteiger partial charge in [-0.3, -0.25) is 0 Å². The molecular formula is C14H27NO2. The van der Waals surface area contributed by atoms with E-state index >= 15 is 0 Å². The molecule has 3 nitrogen and oxygen atoms in total. The Morgan fingerprint density at radius 2 is 2.18 bits per heavy atom. The maximum Gasteiger partial charge on any atom is 0.0897 e. The highest BCUT2D eigenvalue weighted by Gasteiger charge is 2.14. The molecule has 0 amide bonds. The Morgan fingerprint density at radius 3 is 2.76 bits per heavy atom. The lowest BCUT2D eigenvalue weighted by Gasteiger charge is -2.23. The molecule has 0 aliphatic heterocycles. The molecule has 17 heavy (non-hydrogen) atoms. The normalized spacial score (nSPS) is 22.7. The van der Waals surface area contributed by atoms with Crippen molar-refractivity contribution in [1.82, 2.24) is 5.32 Å². The van der Waals surface area contributed by atoms with E-state index in [4.69, 9.17) is 4.74 Å². The molecule has 0 aromatic rings. The number of ether oxygens (including phenoxy) is 1. The number of β-amino-alcohol motifs (C(OH)–C–C–N with tert-alkyl or cyclic N) is 1. The molecule has 1 aliphatic carbocycles. The van der Waals surface area contributed by atoms with Gasteiger partial charge in [0.25, 0.3) is 0 Å². The van der Waals surface area contributed by atoms with Crippen molar-refractivity contribution < 1.29 is 9.84 Å². The fraction of sp³-hybridized carbons (Fsp3) is 0.857. The van der Waals surface area contributed by atoms with Crippen LogP contribution >= 0.6 is 0 Å². The van der Waals surface area contributed by atoms with Crippen LogP contribution in [-0.4, -0.2) is 36.5 Å². The summed E-state index contributed by atoms with van der Waals surface area (Å²) in [7, 11) is 0. The van der Waals surface area contributed by atoms with Gasteiger partial charge in [0.15, 0.2) is 0 Å². The van der Waals surface area contributed by atoms with Gasteiger partial charge in [-0.1, -0.05) is 12.2 Å². The highest BCUT2D eigenvalue weighted by molar-refractivity contribution is 4.89. The average Bonchev–Trinajstić information content (AvgIpc) is 2.27. The van der Waals surface area contributed by atoms with E-state index in [1.807, 2.05) is 0 Å². The highest BCUT2D eigenvalue weighted by Crippen LogP contribution is 2.18. The minimum Gasteiger partial charge on any atom is -0.389 e. The largest absolute Gasteiger partial charge is 0.389 e. The van der Waals surface area contributed by atoms with Gasteiger partial charge in [-0.15, -0.1) is 0 Å². The molecule has 1 rings (SSSR count). The lowest BCUT2D eigenvalue weighted by Crippen LogP contribution is -2.42. The van der Waals surface area contributed by atoms with Crippen LogP contribution < -0.4 is 5.32 Å². The van der Waals surface area contributed by atoms with Crippen LogP contribution in [0.2, 0.25) is 0 Å². The molecule has 0 fully saturated rings.